The van der Waals surface area contributed by atoms with Crippen LogP contribution in [0.3, 0.4) is 0 Å². The normalized spacial score (nSPS) is 23.4. The van der Waals surface area contributed by atoms with Crippen molar-refractivity contribution in [1.29, 1.82) is 0 Å². The second kappa shape index (κ2) is 7.82. The van der Waals surface area contributed by atoms with Crippen molar-refractivity contribution in [3.8, 4) is 5.75 Å². The van der Waals surface area contributed by atoms with Crippen molar-refractivity contribution in [2.24, 2.45) is 5.10 Å². The van der Waals surface area contributed by atoms with Crippen LogP contribution in [0.25, 0.3) is 0 Å². The molecule has 2 aliphatic heterocycles. The molecule has 3 heterocycles. The van der Waals surface area contributed by atoms with Gasteiger partial charge in [0.15, 0.2) is 0 Å². The molecule has 1 fully saturated rings. The zero-order valence-corrected chi connectivity index (χ0v) is 16.4. The lowest BCUT2D eigenvalue weighted by atomic mass is 10.00. The van der Waals surface area contributed by atoms with Gasteiger partial charge in [0.05, 0.1) is 23.2 Å². The fraction of sp³-hybridized carbons (Fsp3) is 0.429. The molecule has 4 rings (SSSR count). The van der Waals surface area contributed by atoms with E-state index in [1.165, 1.54) is 6.42 Å². The number of carbonyl (C=O) groups excluding carboxylic acids is 1. The Balaban J connectivity index is 1.60. The zero-order chi connectivity index (χ0) is 18.8. The topological polar surface area (TPSA) is 56.1 Å². The van der Waals surface area contributed by atoms with E-state index in [1.54, 1.807) is 28.5 Å². The number of para-hydroxylation sites is 1. The van der Waals surface area contributed by atoms with E-state index in [2.05, 4.69) is 11.8 Å². The van der Waals surface area contributed by atoms with Crippen LogP contribution < -0.4 is 0 Å². The number of aromatic hydroxyl groups is 1. The number of nitrogens with zero attached hydrogens (tertiary/aromatic N) is 3. The average molecular weight is 384 g/mol. The fourth-order valence-corrected chi connectivity index (χ4v) is 4.70. The number of rotatable bonds is 4. The van der Waals surface area contributed by atoms with E-state index < -0.39 is 0 Å². The Bertz CT molecular complexity index is 834. The van der Waals surface area contributed by atoms with Gasteiger partial charge in [0.1, 0.15) is 5.75 Å². The molecular weight excluding hydrogens is 358 g/mol. The number of likely N-dealkylation sites (tertiary alicyclic amines) is 1. The lowest BCUT2D eigenvalue weighted by Crippen LogP contribution is -2.44. The number of hydrogen-bond acceptors (Lipinski definition) is 5. The van der Waals surface area contributed by atoms with Gasteiger partial charge < -0.3 is 5.11 Å². The first-order valence-corrected chi connectivity index (χ1v) is 10.5. The second-order valence-corrected chi connectivity index (χ2v) is 8.30. The van der Waals surface area contributed by atoms with Crippen LogP contribution in [0.4, 0.5) is 0 Å². The Morgan fingerprint density at radius 1 is 1.26 bits per heavy atom. The molecule has 1 saturated heterocycles. The minimum absolute atomic E-state index is 0.00330. The predicted molar refractivity (Wildman–Crippen MR) is 108 cm³/mol. The number of thiophene rings is 1. The van der Waals surface area contributed by atoms with Gasteiger partial charge in [0.2, 0.25) is 0 Å². The van der Waals surface area contributed by atoms with Gasteiger partial charge in [-0.05, 0) is 43.8 Å². The summed E-state index contributed by atoms with van der Waals surface area (Å²) < 4.78 is 0. The number of phenols is 1. The molecule has 0 bridgehead atoms. The van der Waals surface area contributed by atoms with E-state index in [-0.39, 0.29) is 17.7 Å². The average Bonchev–Trinajstić information content (AvgIpc) is 3.33. The summed E-state index contributed by atoms with van der Waals surface area (Å²) >= 11 is 1.63. The third-order valence-electron chi connectivity index (χ3n) is 5.55. The van der Waals surface area contributed by atoms with E-state index >= 15 is 0 Å². The summed E-state index contributed by atoms with van der Waals surface area (Å²) in [4.78, 5) is 16.5. The Labute approximate surface area is 163 Å². The van der Waals surface area contributed by atoms with Gasteiger partial charge in [-0.15, -0.1) is 11.3 Å². The highest BCUT2D eigenvalue weighted by atomic mass is 32.1. The summed E-state index contributed by atoms with van der Waals surface area (Å²) in [7, 11) is 0. The first-order valence-electron chi connectivity index (χ1n) is 9.59. The molecule has 6 heteroatoms. The summed E-state index contributed by atoms with van der Waals surface area (Å²) in [6.45, 7) is 3.53. The van der Waals surface area contributed by atoms with Crippen molar-refractivity contribution in [3.05, 3.63) is 52.2 Å². The molecule has 2 aliphatic rings. The van der Waals surface area contributed by atoms with Crippen molar-refractivity contribution < 1.29 is 9.90 Å². The maximum atomic E-state index is 13.2. The minimum Gasteiger partial charge on any atom is -0.508 e. The smallest absolute Gasteiger partial charge is 0.257 e. The van der Waals surface area contributed by atoms with Crippen molar-refractivity contribution in [1.82, 2.24) is 9.91 Å². The SMILES string of the molecule is CC1CCCCN1CC(=O)N1N=C(c2cccs2)CC1c1ccccc1O. The number of piperidine rings is 1. The molecule has 142 valence electrons. The van der Waals surface area contributed by atoms with Crippen molar-refractivity contribution in [2.45, 2.75) is 44.7 Å². The molecule has 1 amide bonds. The van der Waals surface area contributed by atoms with E-state index in [1.807, 2.05) is 29.6 Å². The number of hydrogen-bond donors (Lipinski definition) is 1. The first kappa shape index (κ1) is 18.2. The predicted octanol–water partition coefficient (Wildman–Crippen LogP) is 4.01. The lowest BCUT2D eigenvalue weighted by molar-refractivity contribution is -0.135. The molecule has 2 aromatic rings. The number of amides is 1. The highest BCUT2D eigenvalue weighted by Crippen LogP contribution is 2.37. The number of phenolic OH excluding ortho intramolecular Hbond substituents is 1. The summed E-state index contributed by atoms with van der Waals surface area (Å²) in [5.74, 6) is 0.220. The molecule has 5 nitrogen and oxygen atoms in total. The van der Waals surface area contributed by atoms with Crippen LogP contribution in [0.5, 0.6) is 5.75 Å². The molecule has 1 aromatic heterocycles. The van der Waals surface area contributed by atoms with E-state index in [4.69, 9.17) is 5.10 Å². The third-order valence-corrected chi connectivity index (χ3v) is 6.47. The highest BCUT2D eigenvalue weighted by molar-refractivity contribution is 7.12. The summed E-state index contributed by atoms with van der Waals surface area (Å²) in [6.07, 6.45) is 4.14. The summed E-state index contributed by atoms with van der Waals surface area (Å²) in [5.41, 5.74) is 1.67. The second-order valence-electron chi connectivity index (χ2n) is 7.36. The Kier molecular flexibility index (Phi) is 5.27. The first-order chi connectivity index (χ1) is 13.1. The van der Waals surface area contributed by atoms with Crippen molar-refractivity contribution in [3.63, 3.8) is 0 Å². The van der Waals surface area contributed by atoms with E-state index in [0.717, 1.165) is 35.5 Å². The van der Waals surface area contributed by atoms with Crippen LogP contribution in [0.1, 0.15) is 49.1 Å². The molecule has 1 aromatic carbocycles. The standard InChI is InChI=1S/C21H25N3O2S/c1-15-7-4-5-11-23(15)14-21(26)24-18(16-8-2-3-9-19(16)25)13-17(22-24)20-10-6-12-27-20/h2-3,6,8-10,12,15,18,25H,4-5,7,11,13-14H2,1H3. The highest BCUT2D eigenvalue weighted by Gasteiger charge is 2.36. The van der Waals surface area contributed by atoms with Crippen molar-refractivity contribution >= 4 is 23.0 Å². The van der Waals surface area contributed by atoms with Gasteiger partial charge in [0, 0.05) is 18.0 Å². The van der Waals surface area contributed by atoms with Crippen LogP contribution in [0, 0.1) is 0 Å². The van der Waals surface area contributed by atoms with Gasteiger partial charge in [-0.25, -0.2) is 5.01 Å². The van der Waals surface area contributed by atoms with Gasteiger partial charge >= 0.3 is 0 Å². The van der Waals surface area contributed by atoms with Gasteiger partial charge in [-0.1, -0.05) is 30.7 Å². The Hall–Kier alpha value is -2.18. The van der Waals surface area contributed by atoms with Crippen molar-refractivity contribution in [2.75, 3.05) is 13.1 Å². The van der Waals surface area contributed by atoms with E-state index in [9.17, 15) is 9.90 Å². The van der Waals surface area contributed by atoms with Crippen LogP contribution in [0.15, 0.2) is 46.9 Å². The molecule has 0 saturated carbocycles. The quantitative estimate of drug-likeness (QED) is 0.868. The zero-order valence-electron chi connectivity index (χ0n) is 15.5. The number of benzene rings is 1. The molecule has 0 aliphatic carbocycles. The molecule has 0 spiro atoms. The molecular formula is C21H25N3O2S. The summed E-state index contributed by atoms with van der Waals surface area (Å²) in [6, 6.07) is 11.5. The van der Waals surface area contributed by atoms with E-state index in [0.29, 0.717) is 19.0 Å². The monoisotopic (exact) mass is 383 g/mol. The fourth-order valence-electron chi connectivity index (χ4n) is 3.98. The van der Waals surface area contributed by atoms with Gasteiger partial charge in [-0.2, -0.15) is 5.10 Å². The van der Waals surface area contributed by atoms with Crippen LogP contribution in [-0.2, 0) is 4.79 Å². The molecule has 2 atom stereocenters. The van der Waals surface area contributed by atoms with Gasteiger partial charge in [-0.3, -0.25) is 9.69 Å². The lowest BCUT2D eigenvalue weighted by Gasteiger charge is -2.34. The molecule has 1 N–H and O–H groups in total. The number of carbonyl (C=O) groups is 1. The van der Waals surface area contributed by atoms with Gasteiger partial charge in [0.25, 0.3) is 5.91 Å². The minimum atomic E-state index is -0.254. The molecule has 0 radical (unpaired) electrons. The maximum absolute atomic E-state index is 13.2. The molecule has 2 unspecified atom stereocenters. The molecule has 27 heavy (non-hydrogen) atoms. The van der Waals surface area contributed by atoms with Crippen LogP contribution in [-0.4, -0.2) is 45.8 Å². The Morgan fingerprint density at radius 3 is 2.85 bits per heavy atom. The van der Waals surface area contributed by atoms with Crippen LogP contribution in [0.2, 0.25) is 0 Å². The maximum Gasteiger partial charge on any atom is 0.257 e. The largest absolute Gasteiger partial charge is 0.508 e. The van der Waals surface area contributed by atoms with Crippen LogP contribution >= 0.6 is 11.3 Å². The number of hydrazone groups is 1. The third kappa shape index (κ3) is 3.77. The Morgan fingerprint density at radius 2 is 2.11 bits per heavy atom. The summed E-state index contributed by atoms with van der Waals surface area (Å²) in [5, 5.41) is 18.7.